The van der Waals surface area contributed by atoms with E-state index >= 15 is 0 Å². The highest BCUT2D eigenvalue weighted by molar-refractivity contribution is 7.13. The van der Waals surface area contributed by atoms with Gasteiger partial charge in [0.2, 0.25) is 0 Å². The van der Waals surface area contributed by atoms with E-state index in [2.05, 4.69) is 10.3 Å². The number of rotatable bonds is 5. The number of hydrogen-bond donors (Lipinski definition) is 1. The number of halogens is 3. The Balaban J connectivity index is 1.70. The zero-order valence-electron chi connectivity index (χ0n) is 13.7. The first-order valence-corrected chi connectivity index (χ1v) is 8.67. The molecule has 0 radical (unpaired) electrons. The van der Waals surface area contributed by atoms with Crippen LogP contribution in [0.2, 0.25) is 0 Å². The number of carbonyl (C=O) groups is 1. The molecule has 1 amide bonds. The largest absolute Gasteiger partial charge is 0.469 e. The lowest BCUT2D eigenvalue weighted by Gasteiger charge is -2.11. The van der Waals surface area contributed by atoms with Crippen LogP contribution in [0.1, 0.15) is 28.7 Å². The van der Waals surface area contributed by atoms with Crippen LogP contribution in [0.4, 0.5) is 13.2 Å². The van der Waals surface area contributed by atoms with Crippen molar-refractivity contribution < 1.29 is 22.4 Å². The molecule has 1 N–H and O–H groups in total. The number of nitrogens with one attached hydrogen (secondary N) is 1. The van der Waals surface area contributed by atoms with Gasteiger partial charge in [0.15, 0.2) is 0 Å². The molecule has 0 aliphatic carbocycles. The first-order valence-electron chi connectivity index (χ1n) is 7.79. The van der Waals surface area contributed by atoms with E-state index in [1.54, 1.807) is 12.3 Å². The molecule has 8 heteroatoms. The zero-order valence-corrected chi connectivity index (χ0v) is 14.5. The van der Waals surface area contributed by atoms with Crippen LogP contribution in [0, 0.1) is 0 Å². The molecule has 26 heavy (non-hydrogen) atoms. The van der Waals surface area contributed by atoms with Crippen molar-refractivity contribution in [2.24, 2.45) is 0 Å². The van der Waals surface area contributed by atoms with Gasteiger partial charge in [-0.05, 0) is 31.2 Å². The van der Waals surface area contributed by atoms with Crippen LogP contribution < -0.4 is 5.32 Å². The lowest BCUT2D eigenvalue weighted by atomic mass is 10.1. The van der Waals surface area contributed by atoms with Crippen molar-refractivity contribution in [3.8, 4) is 10.6 Å². The van der Waals surface area contributed by atoms with Crippen LogP contribution in [0.3, 0.4) is 0 Å². The fourth-order valence-corrected chi connectivity index (χ4v) is 3.22. The molecule has 1 aromatic carbocycles. The Kier molecular flexibility index (Phi) is 5.13. The molecule has 0 spiro atoms. The van der Waals surface area contributed by atoms with Gasteiger partial charge in [-0.1, -0.05) is 12.1 Å². The molecule has 4 nitrogen and oxygen atoms in total. The van der Waals surface area contributed by atoms with E-state index in [4.69, 9.17) is 4.42 Å². The average molecular weight is 380 g/mol. The monoisotopic (exact) mass is 380 g/mol. The molecule has 2 heterocycles. The third-order valence-corrected chi connectivity index (χ3v) is 4.53. The molecule has 0 aliphatic rings. The van der Waals surface area contributed by atoms with Crippen molar-refractivity contribution in [3.63, 3.8) is 0 Å². The number of nitrogens with zero attached hydrogens (tertiary/aromatic N) is 1. The van der Waals surface area contributed by atoms with E-state index in [1.165, 1.54) is 17.5 Å². The Hall–Kier alpha value is -2.61. The van der Waals surface area contributed by atoms with Gasteiger partial charge in [-0.2, -0.15) is 13.2 Å². The van der Waals surface area contributed by atoms with Gasteiger partial charge >= 0.3 is 6.18 Å². The summed E-state index contributed by atoms with van der Waals surface area (Å²) in [6.07, 6.45) is -2.33. The van der Waals surface area contributed by atoms with Crippen LogP contribution in [0.25, 0.3) is 10.6 Å². The van der Waals surface area contributed by atoms with Gasteiger partial charge in [-0.3, -0.25) is 4.79 Å². The first-order chi connectivity index (χ1) is 12.3. The topological polar surface area (TPSA) is 55.1 Å². The number of hydrogen-bond acceptors (Lipinski definition) is 4. The summed E-state index contributed by atoms with van der Waals surface area (Å²) in [6.45, 7) is 1.83. The van der Waals surface area contributed by atoms with Crippen LogP contribution in [0.5, 0.6) is 0 Å². The van der Waals surface area contributed by atoms with Crippen LogP contribution in [-0.2, 0) is 12.6 Å². The van der Waals surface area contributed by atoms with Crippen LogP contribution in [-0.4, -0.2) is 16.9 Å². The molecule has 1 atom stereocenters. The van der Waals surface area contributed by atoms with Crippen molar-refractivity contribution in [3.05, 3.63) is 65.1 Å². The predicted octanol–water partition coefficient (Wildman–Crippen LogP) is 4.78. The summed E-state index contributed by atoms with van der Waals surface area (Å²) in [5.41, 5.74) is -0.246. The summed E-state index contributed by atoms with van der Waals surface area (Å²) in [5, 5.41) is 4.69. The Morgan fingerprint density at radius 1 is 1.31 bits per heavy atom. The summed E-state index contributed by atoms with van der Waals surface area (Å²) in [6, 6.07) is 8.30. The molecule has 3 aromatic rings. The number of furan rings is 1. The van der Waals surface area contributed by atoms with E-state index in [0.717, 1.165) is 29.2 Å². The SMILES string of the molecule is CC(Cc1ccco1)NC(=O)c1csc(-c2cccc(C(F)(F)F)c2)n1. The number of carbonyl (C=O) groups excluding carboxylic acids is 1. The molecular formula is C18H15F3N2O2S. The van der Waals surface area contributed by atoms with Gasteiger partial charge in [0, 0.05) is 23.4 Å². The maximum Gasteiger partial charge on any atom is 0.416 e. The molecule has 3 rings (SSSR count). The maximum atomic E-state index is 12.8. The number of benzene rings is 1. The molecule has 0 saturated heterocycles. The second-order valence-electron chi connectivity index (χ2n) is 5.77. The minimum absolute atomic E-state index is 0.174. The highest BCUT2D eigenvalue weighted by atomic mass is 32.1. The van der Waals surface area contributed by atoms with Gasteiger partial charge in [0.1, 0.15) is 16.5 Å². The van der Waals surface area contributed by atoms with Crippen LogP contribution >= 0.6 is 11.3 Å². The summed E-state index contributed by atoms with van der Waals surface area (Å²) >= 11 is 1.12. The van der Waals surface area contributed by atoms with Crippen LogP contribution in [0.15, 0.2) is 52.5 Å². The second-order valence-corrected chi connectivity index (χ2v) is 6.63. The maximum absolute atomic E-state index is 12.8. The number of thiazole rings is 1. The van der Waals surface area contributed by atoms with Crippen molar-refractivity contribution in [2.45, 2.75) is 25.6 Å². The lowest BCUT2D eigenvalue weighted by Crippen LogP contribution is -2.34. The molecule has 2 aromatic heterocycles. The number of amides is 1. The second kappa shape index (κ2) is 7.33. The molecular weight excluding hydrogens is 365 g/mol. The van der Waals surface area contributed by atoms with E-state index < -0.39 is 11.7 Å². The van der Waals surface area contributed by atoms with E-state index in [9.17, 15) is 18.0 Å². The fourth-order valence-electron chi connectivity index (χ4n) is 2.42. The van der Waals surface area contributed by atoms with Crippen molar-refractivity contribution in [1.29, 1.82) is 0 Å². The van der Waals surface area contributed by atoms with Crippen molar-refractivity contribution in [2.75, 3.05) is 0 Å². The summed E-state index contributed by atoms with van der Waals surface area (Å²) in [7, 11) is 0. The van der Waals surface area contributed by atoms with E-state index in [0.29, 0.717) is 17.0 Å². The van der Waals surface area contributed by atoms with Gasteiger partial charge < -0.3 is 9.73 Å². The highest BCUT2D eigenvalue weighted by Gasteiger charge is 2.30. The van der Waals surface area contributed by atoms with Crippen molar-refractivity contribution in [1.82, 2.24) is 10.3 Å². The molecule has 0 bridgehead atoms. The standard InChI is InChI=1S/C18H15F3N2O2S/c1-11(8-14-6-3-7-25-14)22-16(24)15-10-26-17(23-15)12-4-2-5-13(9-12)18(19,20)21/h2-7,9-11H,8H2,1H3,(H,22,24). The van der Waals surface area contributed by atoms with E-state index in [-0.39, 0.29) is 17.6 Å². The third kappa shape index (κ3) is 4.32. The summed E-state index contributed by atoms with van der Waals surface area (Å²) in [4.78, 5) is 16.4. The summed E-state index contributed by atoms with van der Waals surface area (Å²) < 4.78 is 43.7. The van der Waals surface area contributed by atoms with Gasteiger partial charge in [0.25, 0.3) is 5.91 Å². The van der Waals surface area contributed by atoms with E-state index in [1.807, 2.05) is 13.0 Å². The molecule has 136 valence electrons. The molecule has 1 unspecified atom stereocenters. The Morgan fingerprint density at radius 3 is 2.81 bits per heavy atom. The summed E-state index contributed by atoms with van der Waals surface area (Å²) in [5.74, 6) is 0.374. The number of alkyl halides is 3. The van der Waals surface area contributed by atoms with Crippen molar-refractivity contribution >= 4 is 17.2 Å². The zero-order chi connectivity index (χ0) is 18.7. The Bertz CT molecular complexity index is 888. The minimum Gasteiger partial charge on any atom is -0.469 e. The quantitative estimate of drug-likeness (QED) is 0.693. The van der Waals surface area contributed by atoms with Gasteiger partial charge in [-0.25, -0.2) is 4.98 Å². The highest BCUT2D eigenvalue weighted by Crippen LogP contribution is 2.33. The predicted molar refractivity (Wildman–Crippen MR) is 91.9 cm³/mol. The third-order valence-electron chi connectivity index (χ3n) is 3.64. The first kappa shape index (κ1) is 18.2. The average Bonchev–Trinajstić information content (AvgIpc) is 3.25. The Labute approximate surface area is 151 Å². The van der Waals surface area contributed by atoms with Gasteiger partial charge in [0.05, 0.1) is 11.8 Å². The fraction of sp³-hybridized carbons (Fsp3) is 0.222. The lowest BCUT2D eigenvalue weighted by molar-refractivity contribution is -0.137. The number of aromatic nitrogens is 1. The smallest absolute Gasteiger partial charge is 0.416 e. The minimum atomic E-state index is -4.42. The Morgan fingerprint density at radius 2 is 2.12 bits per heavy atom. The molecule has 0 fully saturated rings. The van der Waals surface area contributed by atoms with Gasteiger partial charge in [-0.15, -0.1) is 11.3 Å². The molecule has 0 aliphatic heterocycles. The molecule has 0 saturated carbocycles. The normalized spacial score (nSPS) is 12.8.